The summed E-state index contributed by atoms with van der Waals surface area (Å²) < 4.78 is 31.0. The van der Waals surface area contributed by atoms with Crippen LogP contribution in [0.3, 0.4) is 0 Å². The average Bonchev–Trinajstić information content (AvgIpc) is 2.61. The van der Waals surface area contributed by atoms with Crippen LogP contribution in [0.5, 0.6) is 5.75 Å². The van der Waals surface area contributed by atoms with Gasteiger partial charge in [-0.15, -0.1) is 0 Å². The monoisotopic (exact) mass is 382 g/mol. The third-order valence-electron chi connectivity index (χ3n) is 3.54. The molecule has 6 nitrogen and oxygen atoms in total. The Hall–Kier alpha value is -2.09. The van der Waals surface area contributed by atoms with Crippen LogP contribution in [0.1, 0.15) is 5.56 Å². The highest BCUT2D eigenvalue weighted by molar-refractivity contribution is 7.89. The second kappa shape index (κ2) is 8.33. The van der Waals surface area contributed by atoms with Gasteiger partial charge in [0.25, 0.3) is 0 Å². The summed E-state index contributed by atoms with van der Waals surface area (Å²) in [5, 5.41) is 3.29. The van der Waals surface area contributed by atoms with Crippen LogP contribution in [0.25, 0.3) is 0 Å². The molecule has 0 aliphatic rings. The lowest BCUT2D eigenvalue weighted by Crippen LogP contribution is -2.38. The van der Waals surface area contributed by atoms with E-state index < -0.39 is 15.9 Å². The SMILES string of the molecule is COc1ccc(S(=O)(=O)N(C)CC(=O)NCc2ccc(Cl)cc2)cc1. The number of methoxy groups -OCH3 is 1. The van der Waals surface area contributed by atoms with Crippen molar-refractivity contribution < 1.29 is 17.9 Å². The third-order valence-corrected chi connectivity index (χ3v) is 5.61. The molecule has 0 aliphatic carbocycles. The van der Waals surface area contributed by atoms with E-state index in [1.54, 1.807) is 36.4 Å². The molecule has 1 N–H and O–H groups in total. The van der Waals surface area contributed by atoms with E-state index in [1.807, 2.05) is 0 Å². The van der Waals surface area contributed by atoms with Crippen molar-refractivity contribution in [1.82, 2.24) is 9.62 Å². The number of carbonyl (C=O) groups excluding carboxylic acids is 1. The first kappa shape index (κ1) is 19.2. The second-order valence-electron chi connectivity index (χ2n) is 5.34. The summed E-state index contributed by atoms with van der Waals surface area (Å²) in [6, 6.07) is 13.0. The van der Waals surface area contributed by atoms with Gasteiger partial charge in [-0.1, -0.05) is 23.7 Å². The lowest BCUT2D eigenvalue weighted by atomic mass is 10.2. The molecule has 2 aromatic rings. The predicted octanol–water partition coefficient (Wildman–Crippen LogP) is 2.29. The molecule has 0 heterocycles. The second-order valence-corrected chi connectivity index (χ2v) is 7.82. The summed E-state index contributed by atoms with van der Waals surface area (Å²) in [5.41, 5.74) is 0.874. The number of sulfonamides is 1. The van der Waals surface area contributed by atoms with E-state index in [1.165, 1.54) is 26.3 Å². The van der Waals surface area contributed by atoms with Gasteiger partial charge >= 0.3 is 0 Å². The van der Waals surface area contributed by atoms with Gasteiger partial charge in [-0.05, 0) is 42.0 Å². The maximum absolute atomic E-state index is 12.5. The molecule has 8 heteroatoms. The molecule has 0 aromatic heterocycles. The van der Waals surface area contributed by atoms with Gasteiger partial charge in [0.15, 0.2) is 0 Å². The van der Waals surface area contributed by atoms with Gasteiger partial charge in [-0.3, -0.25) is 4.79 Å². The molecule has 2 aromatic carbocycles. The van der Waals surface area contributed by atoms with Crippen LogP contribution in [0, 0.1) is 0 Å². The minimum absolute atomic E-state index is 0.0984. The molecule has 0 saturated heterocycles. The number of rotatable bonds is 7. The average molecular weight is 383 g/mol. The van der Waals surface area contributed by atoms with Crippen molar-refractivity contribution >= 4 is 27.5 Å². The van der Waals surface area contributed by atoms with Crippen LogP contribution in [-0.2, 0) is 21.4 Å². The summed E-state index contributed by atoms with van der Waals surface area (Å²) in [7, 11) is -0.885. The van der Waals surface area contributed by atoms with Crippen LogP contribution >= 0.6 is 11.6 Å². The van der Waals surface area contributed by atoms with E-state index in [-0.39, 0.29) is 11.4 Å². The summed E-state index contributed by atoms with van der Waals surface area (Å²) in [6.45, 7) is 0.0222. The van der Waals surface area contributed by atoms with Crippen molar-refractivity contribution in [3.63, 3.8) is 0 Å². The number of benzene rings is 2. The molecule has 134 valence electrons. The third kappa shape index (κ3) is 5.19. The number of hydrogen-bond donors (Lipinski definition) is 1. The Kier molecular flexibility index (Phi) is 6.41. The number of amides is 1. The summed E-state index contributed by atoms with van der Waals surface area (Å²) in [6.07, 6.45) is 0. The minimum atomic E-state index is -3.75. The Morgan fingerprint density at radius 3 is 2.28 bits per heavy atom. The quantitative estimate of drug-likeness (QED) is 0.797. The Balaban J connectivity index is 1.95. The van der Waals surface area contributed by atoms with Crippen molar-refractivity contribution in [3.05, 3.63) is 59.1 Å². The van der Waals surface area contributed by atoms with Crippen LogP contribution in [0.15, 0.2) is 53.4 Å². The van der Waals surface area contributed by atoms with Crippen molar-refractivity contribution in [3.8, 4) is 5.75 Å². The first-order valence-electron chi connectivity index (χ1n) is 7.44. The smallest absolute Gasteiger partial charge is 0.243 e. The molecule has 0 bridgehead atoms. The molecule has 0 aliphatic heterocycles. The molecule has 0 spiro atoms. The van der Waals surface area contributed by atoms with Gasteiger partial charge in [0.2, 0.25) is 15.9 Å². The van der Waals surface area contributed by atoms with E-state index in [2.05, 4.69) is 5.32 Å². The van der Waals surface area contributed by atoms with Gasteiger partial charge in [0, 0.05) is 18.6 Å². The summed E-state index contributed by atoms with van der Waals surface area (Å²) >= 11 is 5.80. The van der Waals surface area contributed by atoms with Crippen molar-refractivity contribution in [2.24, 2.45) is 0 Å². The van der Waals surface area contributed by atoms with E-state index in [0.29, 0.717) is 17.3 Å². The Bertz CT molecular complexity index is 821. The molecule has 0 atom stereocenters. The number of halogens is 1. The van der Waals surface area contributed by atoms with Crippen molar-refractivity contribution in [1.29, 1.82) is 0 Å². The first-order chi connectivity index (χ1) is 11.8. The number of nitrogens with zero attached hydrogens (tertiary/aromatic N) is 1. The molecule has 0 radical (unpaired) electrons. The topological polar surface area (TPSA) is 75.7 Å². The van der Waals surface area contributed by atoms with Crippen molar-refractivity contribution in [2.45, 2.75) is 11.4 Å². The molecule has 2 rings (SSSR count). The van der Waals surface area contributed by atoms with E-state index in [0.717, 1.165) is 9.87 Å². The summed E-state index contributed by atoms with van der Waals surface area (Å²) in [4.78, 5) is 12.1. The number of ether oxygens (including phenoxy) is 1. The Morgan fingerprint density at radius 1 is 1.12 bits per heavy atom. The van der Waals surface area contributed by atoms with Crippen LogP contribution in [0.2, 0.25) is 5.02 Å². The molecule has 0 fully saturated rings. The lowest BCUT2D eigenvalue weighted by Gasteiger charge is -2.17. The highest BCUT2D eigenvalue weighted by Gasteiger charge is 2.22. The molecule has 25 heavy (non-hydrogen) atoms. The zero-order valence-electron chi connectivity index (χ0n) is 13.9. The van der Waals surface area contributed by atoms with Crippen molar-refractivity contribution in [2.75, 3.05) is 20.7 Å². The number of nitrogens with one attached hydrogen (secondary N) is 1. The highest BCUT2D eigenvalue weighted by atomic mass is 35.5. The molecular formula is C17H19ClN2O4S. The maximum atomic E-state index is 12.5. The molecule has 0 unspecified atom stereocenters. The van der Waals surface area contributed by atoms with Gasteiger partial charge in [0.1, 0.15) is 5.75 Å². The van der Waals surface area contributed by atoms with Crippen LogP contribution < -0.4 is 10.1 Å². The number of likely N-dealkylation sites (N-methyl/N-ethyl adjacent to an activating group) is 1. The molecule has 1 amide bonds. The van der Waals surface area contributed by atoms with Gasteiger partial charge in [-0.25, -0.2) is 8.42 Å². The zero-order chi connectivity index (χ0) is 18.4. The molecular weight excluding hydrogens is 364 g/mol. The fraction of sp³-hybridized carbons (Fsp3) is 0.235. The maximum Gasteiger partial charge on any atom is 0.243 e. The van der Waals surface area contributed by atoms with Gasteiger partial charge < -0.3 is 10.1 Å². The van der Waals surface area contributed by atoms with E-state index in [4.69, 9.17) is 16.3 Å². The fourth-order valence-corrected chi connectivity index (χ4v) is 3.33. The number of carbonyl (C=O) groups is 1. The Labute approximate surface area is 152 Å². The standard InChI is InChI=1S/C17H19ClN2O4S/c1-20(25(22,23)16-9-7-15(24-2)8-10-16)12-17(21)19-11-13-3-5-14(18)6-4-13/h3-10H,11-12H2,1-2H3,(H,19,21). The lowest BCUT2D eigenvalue weighted by molar-refractivity contribution is -0.121. The largest absolute Gasteiger partial charge is 0.497 e. The molecule has 0 saturated carbocycles. The predicted molar refractivity (Wildman–Crippen MR) is 96.1 cm³/mol. The van der Waals surface area contributed by atoms with Gasteiger partial charge in [-0.2, -0.15) is 4.31 Å². The minimum Gasteiger partial charge on any atom is -0.497 e. The highest BCUT2D eigenvalue weighted by Crippen LogP contribution is 2.18. The van der Waals surface area contributed by atoms with Gasteiger partial charge in [0.05, 0.1) is 18.6 Å². The van der Waals surface area contributed by atoms with E-state index in [9.17, 15) is 13.2 Å². The Morgan fingerprint density at radius 2 is 1.72 bits per heavy atom. The summed E-state index contributed by atoms with van der Waals surface area (Å²) in [5.74, 6) is 0.164. The number of hydrogen-bond acceptors (Lipinski definition) is 4. The normalized spacial score (nSPS) is 11.4. The first-order valence-corrected chi connectivity index (χ1v) is 9.26. The zero-order valence-corrected chi connectivity index (χ0v) is 15.5. The van der Waals surface area contributed by atoms with Crippen LogP contribution in [-0.4, -0.2) is 39.3 Å². The van der Waals surface area contributed by atoms with Crippen LogP contribution in [0.4, 0.5) is 0 Å². The fourth-order valence-electron chi connectivity index (χ4n) is 2.07. The van der Waals surface area contributed by atoms with E-state index >= 15 is 0 Å².